The molecule has 11 heteroatoms. The number of nitrogens with two attached hydrogens (primary N) is 2. The van der Waals surface area contributed by atoms with Crippen molar-refractivity contribution in [3.63, 3.8) is 0 Å². The lowest BCUT2D eigenvalue weighted by Crippen LogP contribution is -2.39. The fourth-order valence-electron chi connectivity index (χ4n) is 4.04. The van der Waals surface area contributed by atoms with Crippen LogP contribution in [0.2, 0.25) is 0 Å². The second-order valence-electron chi connectivity index (χ2n) is 8.02. The summed E-state index contributed by atoms with van der Waals surface area (Å²) in [5.74, 6) is 0.520. The number of ether oxygens (including phenoxy) is 1. The predicted molar refractivity (Wildman–Crippen MR) is 134 cm³/mol. The minimum absolute atomic E-state index is 0.243. The second-order valence-corrected chi connectivity index (χ2v) is 8.02. The van der Waals surface area contributed by atoms with Gasteiger partial charge in [-0.15, -0.1) is 0 Å². The summed E-state index contributed by atoms with van der Waals surface area (Å²) in [4.78, 5) is 0. The molecule has 0 aliphatic heterocycles. The molecule has 6 aromatic rings. The van der Waals surface area contributed by atoms with Gasteiger partial charge < -0.3 is 37.0 Å². The summed E-state index contributed by atoms with van der Waals surface area (Å²) in [5.41, 5.74) is 14.5. The Hall–Kier alpha value is -5.32. The molecule has 0 saturated heterocycles. The number of hydrogen-bond donors (Lipinski definition) is 2. The summed E-state index contributed by atoms with van der Waals surface area (Å²) >= 11 is 0. The minimum atomic E-state index is 0.243. The van der Waals surface area contributed by atoms with E-state index in [4.69, 9.17) is 16.2 Å². The molecule has 0 unspecified atom stereocenters. The van der Waals surface area contributed by atoms with E-state index in [2.05, 4.69) is 0 Å². The Kier molecular flexibility index (Phi) is 5.29. The molecule has 0 aliphatic carbocycles. The molecule has 0 fully saturated rings. The lowest BCUT2D eigenvalue weighted by Gasteiger charge is -2.08. The fourth-order valence-corrected chi connectivity index (χ4v) is 4.04. The number of nitrogens with zero attached hydrogens (tertiary/aromatic N) is 4. The van der Waals surface area contributed by atoms with Crippen LogP contribution < -0.4 is 35.1 Å². The van der Waals surface area contributed by atoms with Gasteiger partial charge in [0.1, 0.15) is 5.75 Å². The predicted octanol–water partition coefficient (Wildman–Crippen LogP) is 1.69. The van der Waals surface area contributed by atoms with E-state index in [0.717, 1.165) is 9.46 Å². The lowest BCUT2D eigenvalue weighted by atomic mass is 10.2. The molecule has 0 amide bonds. The zero-order valence-electron chi connectivity index (χ0n) is 19.0. The van der Waals surface area contributed by atoms with Crippen LogP contribution in [0.5, 0.6) is 5.75 Å². The third-order valence-corrected chi connectivity index (χ3v) is 5.81. The number of methoxy groups -OCH3 is 1. The highest BCUT2D eigenvalue weighted by Gasteiger charge is 2.22. The molecule has 11 nitrogen and oxygen atoms in total. The van der Waals surface area contributed by atoms with Crippen molar-refractivity contribution >= 4 is 55.5 Å². The van der Waals surface area contributed by atoms with Gasteiger partial charge >= 0.3 is 0 Å². The third-order valence-electron chi connectivity index (χ3n) is 5.81. The maximum atomic E-state index is 12.3. The quantitative estimate of drug-likeness (QED) is 0.155. The van der Waals surface area contributed by atoms with E-state index >= 15 is 0 Å². The average molecular weight is 484 g/mol. The van der Waals surface area contributed by atoms with Crippen LogP contribution in [0.3, 0.4) is 0 Å². The Morgan fingerprint density at radius 2 is 0.861 bits per heavy atom. The smallest absolute Gasteiger partial charge is 0.294 e. The highest BCUT2D eigenvalue weighted by atomic mass is 16.5. The number of fused-ring (bicyclic) bond motifs is 4. The second kappa shape index (κ2) is 8.47. The fraction of sp³-hybridized carbons (Fsp3) is 0.0400. The van der Waals surface area contributed by atoms with Gasteiger partial charge in [0, 0.05) is 53.8 Å². The maximum Gasteiger partial charge on any atom is 0.294 e. The molecule has 0 spiro atoms. The molecule has 2 aromatic heterocycles. The molecular weight excluding hydrogens is 464 g/mol. The molecule has 0 saturated carbocycles. The molecule has 2 heterocycles. The summed E-state index contributed by atoms with van der Waals surface area (Å²) in [6.45, 7) is 0. The Bertz CT molecular complexity index is 1810. The summed E-state index contributed by atoms with van der Waals surface area (Å²) in [5, 5.41) is 48.7. The molecule has 4 N–H and O–H groups in total. The van der Waals surface area contributed by atoms with Crippen molar-refractivity contribution < 1.29 is 23.7 Å². The van der Waals surface area contributed by atoms with Gasteiger partial charge in [0.2, 0.25) is 0 Å². The first-order valence-corrected chi connectivity index (χ1v) is 10.8. The number of anilines is 2. The summed E-state index contributed by atoms with van der Waals surface area (Å²) < 4.78 is 7.96. The Morgan fingerprint density at radius 3 is 1.31 bits per heavy atom. The molecule has 0 bridgehead atoms. The van der Waals surface area contributed by atoms with Crippen LogP contribution in [0.25, 0.3) is 44.1 Å². The van der Waals surface area contributed by atoms with E-state index in [9.17, 15) is 20.8 Å². The van der Waals surface area contributed by atoms with E-state index in [0.29, 0.717) is 43.1 Å². The molecule has 0 atom stereocenters. The number of benzene rings is 4. The van der Waals surface area contributed by atoms with E-state index < -0.39 is 0 Å². The molecular formula is C25H20N6O5. The van der Waals surface area contributed by atoms with E-state index in [-0.39, 0.29) is 27.6 Å². The van der Waals surface area contributed by atoms with Crippen LogP contribution >= 0.6 is 0 Å². The van der Waals surface area contributed by atoms with Gasteiger partial charge in [-0.1, -0.05) is 12.1 Å². The van der Waals surface area contributed by atoms with Crippen molar-refractivity contribution in [1.29, 1.82) is 0 Å². The van der Waals surface area contributed by atoms with Crippen LogP contribution in [0.4, 0.5) is 11.4 Å². The van der Waals surface area contributed by atoms with Gasteiger partial charge in [-0.2, -0.15) is 18.9 Å². The Labute approximate surface area is 203 Å². The van der Waals surface area contributed by atoms with Gasteiger partial charge in [-0.05, 0) is 18.2 Å². The normalized spacial score (nSPS) is 11.0. The zero-order valence-corrected chi connectivity index (χ0v) is 19.0. The summed E-state index contributed by atoms with van der Waals surface area (Å²) in [7, 11) is 1.50. The maximum absolute atomic E-state index is 12.3. The number of rotatable bonds is 1. The van der Waals surface area contributed by atoms with E-state index in [1.54, 1.807) is 54.6 Å². The number of aromatic nitrogens is 4. The van der Waals surface area contributed by atoms with Crippen molar-refractivity contribution in [1.82, 2.24) is 0 Å². The summed E-state index contributed by atoms with van der Waals surface area (Å²) in [6, 6.07) is 20.7. The van der Waals surface area contributed by atoms with Crippen LogP contribution in [0.1, 0.15) is 0 Å². The zero-order chi connectivity index (χ0) is 25.6. The van der Waals surface area contributed by atoms with E-state index in [1.165, 1.54) is 31.4 Å². The van der Waals surface area contributed by atoms with Crippen LogP contribution in [0.15, 0.2) is 78.9 Å². The number of nitrogen functional groups attached to an aromatic ring is 2. The van der Waals surface area contributed by atoms with Crippen molar-refractivity contribution in [2.45, 2.75) is 0 Å². The average Bonchev–Trinajstić information content (AvgIpc) is 2.90. The van der Waals surface area contributed by atoms with E-state index in [1.807, 2.05) is 0 Å². The molecule has 180 valence electrons. The van der Waals surface area contributed by atoms with Gasteiger partial charge in [-0.25, -0.2) is 0 Å². The highest BCUT2D eigenvalue weighted by Crippen LogP contribution is 2.19. The standard InChI is InChI=1S/C13H11N3O3.C12H9N3O2/c1-19-9-3-5-11-13(7-9)16(18)10-4-2-8(14)6-12(10)15(11)17;13-8-5-6-11-12(7-8)15(17)10-4-2-1-3-9(10)14(11)16/h2-7H,14H2,1H3;1-7H,13H2. The van der Waals surface area contributed by atoms with Gasteiger partial charge in [-0.3, -0.25) is 0 Å². The topological polar surface area (TPSA) is 169 Å². The molecule has 0 aliphatic rings. The Balaban J connectivity index is 0.000000149. The van der Waals surface area contributed by atoms with Gasteiger partial charge in [0.25, 0.3) is 44.1 Å². The lowest BCUT2D eigenvalue weighted by molar-refractivity contribution is -0.591. The summed E-state index contributed by atoms with van der Waals surface area (Å²) in [6.07, 6.45) is 0. The number of para-hydroxylation sites is 2. The van der Waals surface area contributed by atoms with Crippen LogP contribution in [-0.2, 0) is 0 Å². The molecule has 36 heavy (non-hydrogen) atoms. The van der Waals surface area contributed by atoms with Crippen LogP contribution in [-0.4, -0.2) is 7.11 Å². The van der Waals surface area contributed by atoms with Crippen LogP contribution in [0, 0.1) is 20.8 Å². The first-order chi connectivity index (χ1) is 17.3. The molecule has 4 aromatic carbocycles. The number of hydrogen-bond acceptors (Lipinski definition) is 7. The first-order valence-electron chi connectivity index (χ1n) is 10.8. The molecule has 6 rings (SSSR count). The highest BCUT2D eigenvalue weighted by molar-refractivity contribution is 5.80. The van der Waals surface area contributed by atoms with Crippen molar-refractivity contribution in [3.05, 3.63) is 99.7 Å². The molecule has 0 radical (unpaired) electrons. The van der Waals surface area contributed by atoms with Crippen molar-refractivity contribution in [2.24, 2.45) is 0 Å². The van der Waals surface area contributed by atoms with Gasteiger partial charge in [0.15, 0.2) is 0 Å². The monoisotopic (exact) mass is 484 g/mol. The van der Waals surface area contributed by atoms with Crippen molar-refractivity contribution in [2.75, 3.05) is 18.6 Å². The Morgan fingerprint density at radius 1 is 0.500 bits per heavy atom. The third kappa shape index (κ3) is 3.55. The first kappa shape index (κ1) is 22.5. The largest absolute Gasteiger partial charge is 0.617 e. The van der Waals surface area contributed by atoms with Crippen molar-refractivity contribution in [3.8, 4) is 5.75 Å². The SMILES string of the molecule is COc1ccc2c(c1)[n+]([O-])c1ccc(N)cc1[n+]2[O-].Nc1ccc2c(c1)[n+]([O-])c1ccccc1[n+]2[O-]. The van der Waals surface area contributed by atoms with Gasteiger partial charge in [0.05, 0.1) is 13.2 Å². The minimum Gasteiger partial charge on any atom is -0.617 e.